The Morgan fingerprint density at radius 3 is 2.41 bits per heavy atom. The number of hydrogen-bond acceptors (Lipinski definition) is 5. The van der Waals surface area contributed by atoms with Gasteiger partial charge in [0.1, 0.15) is 4.75 Å². The molecular weight excluding hydrogens is 653 g/mol. The molecule has 0 fully saturated rings. The number of aromatic nitrogens is 1. The highest BCUT2D eigenvalue weighted by molar-refractivity contribution is 7.94. The molecule has 0 saturated carbocycles. The summed E-state index contributed by atoms with van der Waals surface area (Å²) in [6.07, 6.45) is -1.44. The molecule has 1 aliphatic rings. The zero-order chi connectivity index (χ0) is 35.7. The first-order valence-electron chi connectivity index (χ1n) is 16.6. The zero-order valence-electron chi connectivity index (χ0n) is 28.5. The maximum Gasteiger partial charge on any atom is 0.416 e. The van der Waals surface area contributed by atoms with Crippen molar-refractivity contribution in [1.82, 2.24) is 15.2 Å². The van der Waals surface area contributed by atoms with Crippen molar-refractivity contribution < 1.29 is 31.5 Å². The van der Waals surface area contributed by atoms with Crippen LogP contribution in [-0.2, 0) is 35.6 Å². The number of carbonyl (C=O) groups excluding carboxylic acids is 1. The van der Waals surface area contributed by atoms with Gasteiger partial charge in [0.2, 0.25) is 10.0 Å². The van der Waals surface area contributed by atoms with E-state index < -0.39 is 50.6 Å². The lowest BCUT2D eigenvalue weighted by atomic mass is 9.97. The van der Waals surface area contributed by atoms with Crippen molar-refractivity contribution in [2.75, 3.05) is 17.9 Å². The smallest absolute Gasteiger partial charge is 0.390 e. The number of nitrogens with zero attached hydrogens (tertiary/aromatic N) is 2. The highest BCUT2D eigenvalue weighted by atomic mass is 32.2. The van der Waals surface area contributed by atoms with E-state index in [2.05, 4.69) is 10.6 Å². The van der Waals surface area contributed by atoms with Crippen LogP contribution in [0.5, 0.6) is 0 Å². The molecule has 12 heteroatoms. The van der Waals surface area contributed by atoms with Gasteiger partial charge in [0.25, 0.3) is 5.91 Å². The Bertz CT molecular complexity index is 1910. The molecule has 0 bridgehead atoms. The fourth-order valence-electron chi connectivity index (χ4n) is 6.67. The summed E-state index contributed by atoms with van der Waals surface area (Å²) in [4.78, 5) is 14.0. The Balaban J connectivity index is 1.45. The molecule has 1 aliphatic heterocycles. The van der Waals surface area contributed by atoms with Gasteiger partial charge in [0.05, 0.1) is 28.9 Å². The third-order valence-electron chi connectivity index (χ3n) is 9.47. The highest BCUT2D eigenvalue weighted by Crippen LogP contribution is 2.40. The fraction of sp³-hybridized carbons (Fsp3) is 0.432. The van der Waals surface area contributed by atoms with Crippen LogP contribution in [0.4, 0.5) is 18.9 Å². The summed E-state index contributed by atoms with van der Waals surface area (Å²) in [7, 11) is -2.28. The summed E-state index contributed by atoms with van der Waals surface area (Å²) in [5.74, 6) is -0.481. The van der Waals surface area contributed by atoms with E-state index in [9.17, 15) is 31.5 Å². The summed E-state index contributed by atoms with van der Waals surface area (Å²) >= 11 is 0. The minimum absolute atomic E-state index is 0.00186. The van der Waals surface area contributed by atoms with Gasteiger partial charge in [-0.3, -0.25) is 9.10 Å². The Morgan fingerprint density at radius 1 is 1.04 bits per heavy atom. The van der Waals surface area contributed by atoms with E-state index in [0.29, 0.717) is 30.5 Å². The minimum Gasteiger partial charge on any atom is -0.390 e. The third-order valence-corrected chi connectivity index (χ3v) is 11.9. The molecule has 4 aromatic rings. The summed E-state index contributed by atoms with van der Waals surface area (Å²) in [5, 5.41) is 18.6. The SMILES string of the molecule is CCC[C@@H](NC[C@@H](O)[C@H](Cc1ccccc1)NC(=O)c1cc2c3c(c1)c(CC)cn3CC(C)(C)S(=O)(=O)N2C)c1cccc(C(F)(F)F)c1. The standard InChI is InChI=1S/C37H45F3N4O4S/c1-6-12-30(26-15-11-16-28(18-26)37(38,39)40)41-21-33(45)31(17-24-13-9-8-10-14-24)42-35(46)27-19-29-25(7-2)22-44-23-36(3,4)49(47,48)43(5)32(20-27)34(29)44/h8-11,13-16,18-20,22,30-31,33,41,45H,6-7,12,17,21,23H2,1-5H3,(H,42,46)/t30-,31+,33-/m1/s1. The molecule has 49 heavy (non-hydrogen) atoms. The van der Waals surface area contributed by atoms with E-state index in [1.807, 2.05) is 54.9 Å². The molecule has 5 rings (SSSR count). The van der Waals surface area contributed by atoms with E-state index in [0.717, 1.165) is 34.2 Å². The highest BCUT2D eigenvalue weighted by Gasteiger charge is 2.42. The van der Waals surface area contributed by atoms with Crippen LogP contribution < -0.4 is 14.9 Å². The van der Waals surface area contributed by atoms with Crippen LogP contribution in [0, 0.1) is 0 Å². The van der Waals surface area contributed by atoms with Crippen LogP contribution in [0.1, 0.15) is 79.2 Å². The molecular formula is C37H45F3N4O4S. The van der Waals surface area contributed by atoms with E-state index in [4.69, 9.17) is 0 Å². The molecule has 0 radical (unpaired) electrons. The molecule has 1 amide bonds. The van der Waals surface area contributed by atoms with Crippen LogP contribution in [0.3, 0.4) is 0 Å². The number of alkyl halides is 3. The van der Waals surface area contributed by atoms with Crippen LogP contribution >= 0.6 is 0 Å². The second-order valence-corrected chi connectivity index (χ2v) is 16.1. The molecule has 8 nitrogen and oxygen atoms in total. The number of hydrogen-bond donors (Lipinski definition) is 3. The zero-order valence-corrected chi connectivity index (χ0v) is 29.3. The predicted molar refractivity (Wildman–Crippen MR) is 187 cm³/mol. The number of aryl methyl sites for hydroxylation is 1. The molecule has 0 unspecified atom stereocenters. The molecule has 1 aromatic heterocycles. The molecule has 3 aromatic carbocycles. The quantitative estimate of drug-likeness (QED) is 0.155. The predicted octanol–water partition coefficient (Wildman–Crippen LogP) is 6.61. The van der Waals surface area contributed by atoms with Crippen LogP contribution in [0.2, 0.25) is 0 Å². The largest absolute Gasteiger partial charge is 0.416 e. The maximum absolute atomic E-state index is 14.0. The minimum atomic E-state index is -4.48. The van der Waals surface area contributed by atoms with Gasteiger partial charge in [0.15, 0.2) is 0 Å². The van der Waals surface area contributed by atoms with Crippen molar-refractivity contribution >= 4 is 32.5 Å². The number of anilines is 1. The van der Waals surface area contributed by atoms with Crippen molar-refractivity contribution in [3.8, 4) is 0 Å². The second kappa shape index (κ2) is 14.2. The van der Waals surface area contributed by atoms with Crippen LogP contribution in [0.25, 0.3) is 10.9 Å². The summed E-state index contributed by atoms with van der Waals surface area (Å²) in [6.45, 7) is 7.59. The van der Waals surface area contributed by atoms with Crippen LogP contribution in [0.15, 0.2) is 72.9 Å². The second-order valence-electron chi connectivity index (χ2n) is 13.5. The summed E-state index contributed by atoms with van der Waals surface area (Å²) in [5.41, 5.74) is 2.98. The number of benzene rings is 3. The normalized spacial score (nSPS) is 17.4. The summed E-state index contributed by atoms with van der Waals surface area (Å²) < 4.78 is 69.8. The fourth-order valence-corrected chi connectivity index (χ4v) is 8.11. The molecule has 0 aliphatic carbocycles. The molecule has 2 heterocycles. The van der Waals surface area contributed by atoms with E-state index in [1.165, 1.54) is 17.4 Å². The molecule has 3 atom stereocenters. The number of aliphatic hydroxyl groups is 1. The van der Waals surface area contributed by atoms with E-state index in [-0.39, 0.29) is 25.1 Å². The lowest BCUT2D eigenvalue weighted by Gasteiger charge is -2.29. The van der Waals surface area contributed by atoms with Gasteiger partial charge in [-0.05, 0) is 74.1 Å². The molecule has 0 spiro atoms. The Hall–Kier alpha value is -3.87. The van der Waals surface area contributed by atoms with Gasteiger partial charge in [-0.2, -0.15) is 13.2 Å². The lowest BCUT2D eigenvalue weighted by molar-refractivity contribution is -0.137. The number of rotatable bonds is 12. The number of nitrogens with one attached hydrogen (secondary N) is 2. The van der Waals surface area contributed by atoms with Gasteiger partial charge in [-0.25, -0.2) is 8.42 Å². The van der Waals surface area contributed by atoms with Crippen molar-refractivity contribution in [3.63, 3.8) is 0 Å². The van der Waals surface area contributed by atoms with Gasteiger partial charge in [0, 0.05) is 43.3 Å². The average Bonchev–Trinajstić information content (AvgIpc) is 3.39. The number of amides is 1. The van der Waals surface area contributed by atoms with Crippen molar-refractivity contribution in [3.05, 3.63) is 101 Å². The lowest BCUT2D eigenvalue weighted by Crippen LogP contribution is -2.49. The van der Waals surface area contributed by atoms with Crippen molar-refractivity contribution in [2.24, 2.45) is 0 Å². The first-order valence-corrected chi connectivity index (χ1v) is 18.1. The van der Waals surface area contributed by atoms with E-state index >= 15 is 0 Å². The van der Waals surface area contributed by atoms with Gasteiger partial charge < -0.3 is 20.3 Å². The Kier molecular flexibility index (Phi) is 10.5. The summed E-state index contributed by atoms with van der Waals surface area (Å²) in [6, 6.07) is 16.7. The Morgan fingerprint density at radius 2 is 1.76 bits per heavy atom. The van der Waals surface area contributed by atoms with Gasteiger partial charge in [-0.15, -0.1) is 0 Å². The van der Waals surface area contributed by atoms with Gasteiger partial charge in [-0.1, -0.05) is 62.7 Å². The van der Waals surface area contributed by atoms with Gasteiger partial charge >= 0.3 is 6.18 Å². The maximum atomic E-state index is 14.0. The Labute approximate surface area is 286 Å². The monoisotopic (exact) mass is 698 g/mol. The van der Waals surface area contributed by atoms with E-state index in [1.54, 1.807) is 32.0 Å². The topological polar surface area (TPSA) is 104 Å². The molecule has 0 saturated heterocycles. The first kappa shape index (κ1) is 36.4. The van der Waals surface area contributed by atoms with Crippen LogP contribution in [-0.4, -0.2) is 54.5 Å². The van der Waals surface area contributed by atoms with Crippen molar-refractivity contribution in [2.45, 2.75) is 89.0 Å². The number of carbonyl (C=O) groups is 1. The van der Waals surface area contributed by atoms with Crippen molar-refractivity contribution in [1.29, 1.82) is 0 Å². The average molecular weight is 699 g/mol. The molecule has 3 N–H and O–H groups in total. The first-order chi connectivity index (χ1) is 23.1. The molecule has 264 valence electrons. The number of sulfonamides is 1. The number of aliphatic hydroxyl groups excluding tert-OH is 1. The number of halogens is 3. The third kappa shape index (κ3) is 7.51.